The smallest absolute Gasteiger partial charge is 0.251 e. The minimum atomic E-state index is -0.313. The summed E-state index contributed by atoms with van der Waals surface area (Å²) < 4.78 is 12.4. The van der Waals surface area contributed by atoms with E-state index < -0.39 is 0 Å². The van der Waals surface area contributed by atoms with Crippen molar-refractivity contribution in [2.75, 3.05) is 25.3 Å². The Bertz CT molecular complexity index is 1420. The van der Waals surface area contributed by atoms with Crippen molar-refractivity contribution in [3.05, 3.63) is 89.2 Å². The topological polar surface area (TPSA) is 107 Å². The molecule has 2 N–H and O–H groups in total. The molecule has 38 heavy (non-hydrogen) atoms. The highest BCUT2D eigenvalue weighted by atomic mass is 32.2. The molecule has 1 heterocycles. The number of hydrogen-bond donors (Lipinski definition) is 2. The van der Waals surface area contributed by atoms with Crippen LogP contribution in [0.15, 0.2) is 71.9 Å². The molecular weight excluding hydrogens is 502 g/mol. The maximum absolute atomic E-state index is 12.9. The van der Waals surface area contributed by atoms with Crippen LogP contribution >= 0.6 is 11.8 Å². The van der Waals surface area contributed by atoms with Crippen molar-refractivity contribution in [3.8, 4) is 17.2 Å². The molecule has 0 aliphatic carbocycles. The van der Waals surface area contributed by atoms with Gasteiger partial charge in [-0.1, -0.05) is 42.1 Å². The maximum atomic E-state index is 12.9. The average Bonchev–Trinajstić information content (AvgIpc) is 3.35. The number of anilines is 1. The van der Waals surface area contributed by atoms with Crippen LogP contribution in [0.1, 0.15) is 27.3 Å². The summed E-state index contributed by atoms with van der Waals surface area (Å²) in [7, 11) is 3.06. The fourth-order valence-corrected chi connectivity index (χ4v) is 4.50. The zero-order chi connectivity index (χ0) is 27.1. The van der Waals surface area contributed by atoms with Crippen molar-refractivity contribution >= 4 is 29.3 Å². The summed E-state index contributed by atoms with van der Waals surface area (Å²) in [6.07, 6.45) is 0. The zero-order valence-corrected chi connectivity index (χ0v) is 22.5. The van der Waals surface area contributed by atoms with E-state index in [-0.39, 0.29) is 24.1 Å². The molecule has 0 spiro atoms. The highest BCUT2D eigenvalue weighted by Crippen LogP contribution is 2.25. The number of aromatic nitrogens is 3. The van der Waals surface area contributed by atoms with Crippen LogP contribution in [0.2, 0.25) is 0 Å². The number of nitrogens with one attached hydrogen (secondary N) is 2. The quantitative estimate of drug-likeness (QED) is 0.289. The predicted octanol–water partition coefficient (Wildman–Crippen LogP) is 4.56. The largest absolute Gasteiger partial charge is 0.497 e. The fraction of sp³-hybridized carbons (Fsp3) is 0.214. The second-order valence-corrected chi connectivity index (χ2v) is 9.45. The summed E-state index contributed by atoms with van der Waals surface area (Å²) in [5.41, 5.74) is 4.07. The van der Waals surface area contributed by atoms with E-state index in [0.29, 0.717) is 28.0 Å². The van der Waals surface area contributed by atoms with Crippen LogP contribution in [-0.2, 0) is 11.3 Å². The first-order valence-electron chi connectivity index (χ1n) is 11.9. The van der Waals surface area contributed by atoms with Gasteiger partial charge in [0.1, 0.15) is 11.5 Å². The van der Waals surface area contributed by atoms with Crippen LogP contribution in [0.5, 0.6) is 11.5 Å². The minimum absolute atomic E-state index is 0.121. The summed E-state index contributed by atoms with van der Waals surface area (Å²) in [6.45, 7) is 4.06. The van der Waals surface area contributed by atoms with Gasteiger partial charge in [-0.05, 0) is 55.3 Å². The zero-order valence-electron chi connectivity index (χ0n) is 21.6. The minimum Gasteiger partial charge on any atom is -0.497 e. The third-order valence-electron chi connectivity index (χ3n) is 5.73. The van der Waals surface area contributed by atoms with Gasteiger partial charge in [0.15, 0.2) is 11.0 Å². The molecule has 4 rings (SSSR count). The lowest BCUT2D eigenvalue weighted by atomic mass is 10.1. The van der Waals surface area contributed by atoms with Crippen molar-refractivity contribution in [3.63, 3.8) is 0 Å². The van der Waals surface area contributed by atoms with Crippen LogP contribution in [0, 0.1) is 13.8 Å². The van der Waals surface area contributed by atoms with Gasteiger partial charge in [-0.2, -0.15) is 0 Å². The Balaban J connectivity index is 1.50. The van der Waals surface area contributed by atoms with Gasteiger partial charge in [-0.15, -0.1) is 10.2 Å². The fourth-order valence-electron chi connectivity index (χ4n) is 3.73. The summed E-state index contributed by atoms with van der Waals surface area (Å²) in [5.74, 6) is 1.24. The van der Waals surface area contributed by atoms with Crippen LogP contribution < -0.4 is 20.1 Å². The first-order valence-corrected chi connectivity index (χ1v) is 12.9. The van der Waals surface area contributed by atoms with E-state index in [1.165, 1.54) is 26.0 Å². The second-order valence-electron chi connectivity index (χ2n) is 8.51. The molecule has 3 aromatic carbocycles. The first-order chi connectivity index (χ1) is 18.4. The number of aryl methyl sites for hydroxylation is 2. The summed E-state index contributed by atoms with van der Waals surface area (Å²) in [4.78, 5) is 25.6. The number of hydrogen-bond acceptors (Lipinski definition) is 7. The number of amides is 2. The van der Waals surface area contributed by atoms with E-state index in [0.717, 1.165) is 22.5 Å². The monoisotopic (exact) mass is 531 g/mol. The Hall–Kier alpha value is -4.31. The lowest BCUT2D eigenvalue weighted by molar-refractivity contribution is -0.113. The summed E-state index contributed by atoms with van der Waals surface area (Å²) in [6, 6.07) is 20.5. The average molecular weight is 532 g/mol. The van der Waals surface area contributed by atoms with Crippen LogP contribution in [0.4, 0.5) is 5.69 Å². The maximum Gasteiger partial charge on any atom is 0.251 e. The number of carbonyl (C=O) groups excluding carboxylic acids is 2. The van der Waals surface area contributed by atoms with Gasteiger partial charge in [-0.25, -0.2) is 0 Å². The highest BCUT2D eigenvalue weighted by Gasteiger charge is 2.18. The number of para-hydroxylation sites is 1. The number of carbonyl (C=O) groups is 2. The normalized spacial score (nSPS) is 10.6. The summed E-state index contributed by atoms with van der Waals surface area (Å²) >= 11 is 1.27. The van der Waals surface area contributed by atoms with E-state index in [2.05, 4.69) is 20.8 Å². The molecule has 0 bridgehead atoms. The Morgan fingerprint density at radius 2 is 1.63 bits per heavy atom. The molecule has 0 fully saturated rings. The molecule has 0 radical (unpaired) electrons. The number of ether oxygens (including phenoxy) is 2. The van der Waals surface area contributed by atoms with E-state index in [9.17, 15) is 9.59 Å². The van der Waals surface area contributed by atoms with Gasteiger partial charge >= 0.3 is 0 Å². The van der Waals surface area contributed by atoms with Gasteiger partial charge < -0.3 is 20.1 Å². The molecule has 10 heteroatoms. The Morgan fingerprint density at radius 1 is 0.921 bits per heavy atom. The lowest BCUT2D eigenvalue weighted by Gasteiger charge is -2.12. The number of thioether (sulfide) groups is 1. The number of methoxy groups -OCH3 is 2. The SMILES string of the molecule is COc1cc(OC)cc(C(=O)NCc2nnc(SCC(=O)Nc3cc(C)ccc3C)n2-c2ccccc2)c1. The van der Waals surface area contributed by atoms with Gasteiger partial charge in [-0.3, -0.25) is 14.2 Å². The Morgan fingerprint density at radius 3 is 2.32 bits per heavy atom. The number of nitrogens with zero attached hydrogens (tertiary/aromatic N) is 3. The highest BCUT2D eigenvalue weighted by molar-refractivity contribution is 7.99. The molecule has 0 aliphatic rings. The van der Waals surface area contributed by atoms with Crippen molar-refractivity contribution < 1.29 is 19.1 Å². The Kier molecular flexibility index (Phi) is 8.65. The lowest BCUT2D eigenvalue weighted by Crippen LogP contribution is -2.24. The second kappa shape index (κ2) is 12.3. The Labute approximate surface area is 225 Å². The third-order valence-corrected chi connectivity index (χ3v) is 6.66. The van der Waals surface area contributed by atoms with Gasteiger partial charge in [0.05, 0.1) is 26.5 Å². The number of benzene rings is 3. The first kappa shape index (κ1) is 26.7. The predicted molar refractivity (Wildman–Crippen MR) is 147 cm³/mol. The molecule has 196 valence electrons. The van der Waals surface area contributed by atoms with Crippen LogP contribution in [0.25, 0.3) is 5.69 Å². The summed E-state index contributed by atoms with van der Waals surface area (Å²) in [5, 5.41) is 15.0. The van der Waals surface area contributed by atoms with Crippen molar-refractivity contribution in [1.29, 1.82) is 0 Å². The molecule has 0 aliphatic heterocycles. The molecule has 0 unspecified atom stereocenters. The van der Waals surface area contributed by atoms with E-state index in [1.54, 1.807) is 18.2 Å². The van der Waals surface area contributed by atoms with Gasteiger partial charge in [0, 0.05) is 23.0 Å². The number of rotatable bonds is 10. The molecule has 1 aromatic heterocycles. The molecule has 2 amide bonds. The van der Waals surface area contributed by atoms with Crippen molar-refractivity contribution in [2.24, 2.45) is 0 Å². The van der Waals surface area contributed by atoms with Crippen molar-refractivity contribution in [2.45, 2.75) is 25.5 Å². The van der Waals surface area contributed by atoms with E-state index in [1.807, 2.05) is 66.9 Å². The third kappa shape index (κ3) is 6.51. The van der Waals surface area contributed by atoms with E-state index >= 15 is 0 Å². The molecular formula is C28H29N5O4S. The molecule has 0 saturated heterocycles. The van der Waals surface area contributed by atoms with E-state index in [4.69, 9.17) is 9.47 Å². The molecule has 0 atom stereocenters. The molecule has 4 aromatic rings. The van der Waals surface area contributed by atoms with Gasteiger partial charge in [0.2, 0.25) is 5.91 Å². The molecule has 9 nitrogen and oxygen atoms in total. The van der Waals surface area contributed by atoms with Crippen LogP contribution in [0.3, 0.4) is 0 Å². The van der Waals surface area contributed by atoms with Crippen LogP contribution in [-0.4, -0.2) is 46.6 Å². The van der Waals surface area contributed by atoms with Gasteiger partial charge in [0.25, 0.3) is 5.91 Å². The van der Waals surface area contributed by atoms with Crippen molar-refractivity contribution in [1.82, 2.24) is 20.1 Å². The standard InChI is InChI=1S/C28H29N5O4S/c1-18-10-11-19(2)24(12-18)30-26(34)17-38-28-32-31-25(33(28)21-8-6-5-7-9-21)16-29-27(35)20-13-22(36-3)15-23(14-20)37-4/h5-15H,16-17H2,1-4H3,(H,29,35)(H,30,34). The molecule has 0 saturated carbocycles.